The summed E-state index contributed by atoms with van der Waals surface area (Å²) < 4.78 is 85.0. The van der Waals surface area contributed by atoms with Gasteiger partial charge in [-0.05, 0) is 18.2 Å². The Hall–Kier alpha value is -3.95. The molecular weight excluding hydrogens is 550 g/mol. The van der Waals surface area contributed by atoms with E-state index < -0.39 is 82.1 Å². The third-order valence-corrected chi connectivity index (χ3v) is 7.32. The van der Waals surface area contributed by atoms with Crippen molar-refractivity contribution in [2.45, 2.75) is 36.3 Å². The molecule has 15 heteroatoms. The summed E-state index contributed by atoms with van der Waals surface area (Å²) >= 11 is 0. The van der Waals surface area contributed by atoms with E-state index in [2.05, 4.69) is 4.74 Å². The number of carbonyl (C=O) groups is 4. The van der Waals surface area contributed by atoms with E-state index in [1.165, 1.54) is 36.4 Å². The van der Waals surface area contributed by atoms with Crippen molar-refractivity contribution in [3.05, 3.63) is 65.7 Å². The third-order valence-electron chi connectivity index (χ3n) is 6.53. The van der Waals surface area contributed by atoms with Gasteiger partial charge in [0.1, 0.15) is 36.4 Å². The van der Waals surface area contributed by atoms with Crippen LogP contribution in [0.5, 0.6) is 5.75 Å². The summed E-state index contributed by atoms with van der Waals surface area (Å²) in [5.74, 6) is -7.09. The Bertz CT molecular complexity index is 1440. The molecular formula is C24H17F2O12S-. The zero-order chi connectivity index (χ0) is 28.1. The van der Waals surface area contributed by atoms with Gasteiger partial charge in [-0.3, -0.25) is 9.59 Å². The molecule has 3 heterocycles. The number of para-hydroxylation sites is 1. The highest BCUT2D eigenvalue weighted by atomic mass is 32.2. The molecule has 3 aliphatic rings. The molecule has 0 aromatic heterocycles. The van der Waals surface area contributed by atoms with Gasteiger partial charge in [0.15, 0.2) is 22.3 Å². The lowest BCUT2D eigenvalue weighted by Gasteiger charge is -2.27. The van der Waals surface area contributed by atoms with Crippen LogP contribution < -0.4 is 4.74 Å². The molecule has 2 aromatic rings. The highest BCUT2D eigenvalue weighted by molar-refractivity contribution is 7.87. The number of benzene rings is 2. The first-order valence-electron chi connectivity index (χ1n) is 11.3. The van der Waals surface area contributed by atoms with Crippen LogP contribution >= 0.6 is 0 Å². The lowest BCUT2D eigenvalue weighted by atomic mass is 9.78. The van der Waals surface area contributed by atoms with Gasteiger partial charge in [-0.2, -0.15) is 8.78 Å². The van der Waals surface area contributed by atoms with Crippen molar-refractivity contribution in [2.75, 3.05) is 0 Å². The number of esters is 4. The molecule has 6 atom stereocenters. The largest absolute Gasteiger partial charge is 0.743 e. The Kier molecular flexibility index (Phi) is 6.60. The van der Waals surface area contributed by atoms with Crippen LogP contribution in [0.3, 0.4) is 0 Å². The number of rotatable bonds is 8. The molecule has 6 unspecified atom stereocenters. The summed E-state index contributed by atoms with van der Waals surface area (Å²) in [6, 6.07) is 13.2. The van der Waals surface area contributed by atoms with Crippen molar-refractivity contribution in [1.29, 1.82) is 0 Å². The van der Waals surface area contributed by atoms with Crippen molar-refractivity contribution >= 4 is 34.0 Å². The van der Waals surface area contributed by atoms with Gasteiger partial charge in [-0.15, -0.1) is 0 Å². The number of fused-ring (bicyclic) bond motifs is 1. The predicted octanol–water partition coefficient (Wildman–Crippen LogP) is 0.938. The molecule has 12 nitrogen and oxygen atoms in total. The monoisotopic (exact) mass is 567 g/mol. The van der Waals surface area contributed by atoms with Crippen LogP contribution in [0, 0.1) is 11.8 Å². The zero-order valence-electron chi connectivity index (χ0n) is 19.4. The van der Waals surface area contributed by atoms with Gasteiger partial charge in [0.25, 0.3) is 0 Å². The van der Waals surface area contributed by atoms with Gasteiger partial charge < -0.3 is 28.2 Å². The molecule has 0 aliphatic carbocycles. The van der Waals surface area contributed by atoms with Crippen molar-refractivity contribution in [3.63, 3.8) is 0 Å². The number of ether oxygens (including phenoxy) is 5. The van der Waals surface area contributed by atoms with Crippen LogP contribution in [-0.4, -0.2) is 66.5 Å². The summed E-state index contributed by atoms with van der Waals surface area (Å²) in [6.45, 7) is -1.01. The van der Waals surface area contributed by atoms with Gasteiger partial charge in [-0.25, -0.2) is 18.0 Å². The van der Waals surface area contributed by atoms with Gasteiger partial charge in [0.2, 0.25) is 0 Å². The third kappa shape index (κ3) is 4.62. The Labute approximate surface area is 218 Å². The lowest BCUT2D eigenvalue weighted by molar-refractivity contribution is -0.162. The lowest BCUT2D eigenvalue weighted by Crippen LogP contribution is -2.48. The van der Waals surface area contributed by atoms with E-state index in [1.807, 2.05) is 0 Å². The molecule has 0 saturated carbocycles. The molecule has 39 heavy (non-hydrogen) atoms. The van der Waals surface area contributed by atoms with E-state index in [0.717, 1.165) is 0 Å². The van der Waals surface area contributed by atoms with Crippen LogP contribution in [0.2, 0.25) is 0 Å². The topological polar surface area (TPSA) is 172 Å². The average Bonchev–Trinajstić information content (AvgIpc) is 3.51. The summed E-state index contributed by atoms with van der Waals surface area (Å²) in [6.07, 6.45) is -4.21. The first-order valence-corrected chi connectivity index (χ1v) is 12.7. The minimum atomic E-state index is -6.34. The number of hydrogen-bond acceptors (Lipinski definition) is 12. The maximum Gasteiger partial charge on any atom is 0.428 e. The molecule has 0 N–H and O–H groups in total. The van der Waals surface area contributed by atoms with Gasteiger partial charge in [-0.1, -0.05) is 36.4 Å². The highest BCUT2D eigenvalue weighted by Gasteiger charge is 2.72. The molecule has 2 aromatic carbocycles. The van der Waals surface area contributed by atoms with Crippen molar-refractivity contribution in [1.82, 2.24) is 0 Å². The molecule has 0 radical (unpaired) electrons. The Balaban J connectivity index is 1.32. The second-order valence-corrected chi connectivity index (χ2v) is 10.2. The first kappa shape index (κ1) is 26.6. The minimum absolute atomic E-state index is 0.166. The van der Waals surface area contributed by atoms with E-state index in [1.54, 1.807) is 18.2 Å². The Morgan fingerprint density at radius 3 is 2.33 bits per heavy atom. The smallest absolute Gasteiger partial charge is 0.428 e. The number of carbonyl (C=O) groups excluding carboxylic acids is 4. The number of halogens is 2. The van der Waals surface area contributed by atoms with E-state index >= 15 is 0 Å². The summed E-state index contributed by atoms with van der Waals surface area (Å²) in [7, 11) is -6.34. The second kappa shape index (κ2) is 9.66. The first-order chi connectivity index (χ1) is 18.4. The summed E-state index contributed by atoms with van der Waals surface area (Å²) in [5, 5.41) is -5.34. The fourth-order valence-electron chi connectivity index (χ4n) is 4.77. The van der Waals surface area contributed by atoms with Gasteiger partial charge in [0, 0.05) is 5.56 Å². The van der Waals surface area contributed by atoms with E-state index in [9.17, 15) is 40.9 Å². The van der Waals surface area contributed by atoms with Crippen LogP contribution in [0.15, 0.2) is 54.6 Å². The van der Waals surface area contributed by atoms with Crippen LogP contribution in [0.4, 0.5) is 8.78 Å². The second-order valence-electron chi connectivity index (χ2n) is 8.83. The van der Waals surface area contributed by atoms with E-state index in [4.69, 9.17) is 18.9 Å². The van der Waals surface area contributed by atoms with Crippen LogP contribution in [0.25, 0.3) is 0 Å². The van der Waals surface area contributed by atoms with Gasteiger partial charge in [0.05, 0.1) is 5.56 Å². The number of alkyl halides is 2. The van der Waals surface area contributed by atoms with Crippen LogP contribution in [0.1, 0.15) is 15.9 Å². The summed E-state index contributed by atoms with van der Waals surface area (Å²) in [4.78, 5) is 50.0. The quantitative estimate of drug-likeness (QED) is 0.192. The standard InChI is InChI=1S/C24H18F2O12S/c25-24(26,39(31,32)33)23(30)34-10-11-6-4-5-9-13(11)20(27)37-18-16-14(15-17(36-16)19(18)38-22(15)29)21(28)35-12-7-2-1-3-8-12/h1-9,14-19H,10H2,(H,31,32,33)/p-1. The number of hydrogen-bond donors (Lipinski definition) is 0. The van der Waals surface area contributed by atoms with Crippen molar-refractivity contribution in [3.8, 4) is 5.75 Å². The molecule has 3 aliphatic heterocycles. The zero-order valence-corrected chi connectivity index (χ0v) is 20.2. The van der Waals surface area contributed by atoms with Crippen molar-refractivity contribution < 1.29 is 64.6 Å². The highest BCUT2D eigenvalue weighted by Crippen LogP contribution is 2.51. The van der Waals surface area contributed by atoms with E-state index in [-0.39, 0.29) is 16.9 Å². The normalized spacial score (nSPS) is 27.1. The maximum absolute atomic E-state index is 13.4. The molecule has 2 bridgehead atoms. The fourth-order valence-corrected chi connectivity index (χ4v) is 5.04. The minimum Gasteiger partial charge on any atom is -0.743 e. The fraction of sp³-hybridized carbons (Fsp3) is 0.333. The maximum atomic E-state index is 13.4. The molecule has 5 rings (SSSR count). The van der Waals surface area contributed by atoms with Crippen molar-refractivity contribution in [2.24, 2.45) is 11.8 Å². The molecule has 0 amide bonds. The van der Waals surface area contributed by atoms with Crippen LogP contribution in [-0.2, 0) is 50.1 Å². The molecule has 0 spiro atoms. The SMILES string of the molecule is O=C(OC1C2OC(=O)C3C2OC1C3C(=O)Oc1ccccc1)c1ccccc1COC(=O)C(F)(F)S(=O)(=O)[O-]. The molecule has 3 saturated heterocycles. The Morgan fingerprint density at radius 2 is 1.64 bits per heavy atom. The Morgan fingerprint density at radius 1 is 0.974 bits per heavy atom. The van der Waals surface area contributed by atoms with Gasteiger partial charge >= 0.3 is 29.1 Å². The predicted molar refractivity (Wildman–Crippen MR) is 118 cm³/mol. The van der Waals surface area contributed by atoms with E-state index in [0.29, 0.717) is 0 Å². The average molecular weight is 567 g/mol. The molecule has 3 fully saturated rings. The summed E-state index contributed by atoms with van der Waals surface area (Å²) in [5.41, 5.74) is -0.439. The molecule has 206 valence electrons.